The highest BCUT2D eigenvalue weighted by Crippen LogP contribution is 2.44. The van der Waals surface area contributed by atoms with Gasteiger partial charge in [0, 0.05) is 48.5 Å². The number of nitrogens with one attached hydrogen (secondary N) is 2. The summed E-state index contributed by atoms with van der Waals surface area (Å²) in [5, 5.41) is 4.37. The Labute approximate surface area is 165 Å². The first-order chi connectivity index (χ1) is 13.4. The molecular weight excluding hydrogens is 354 g/mol. The van der Waals surface area contributed by atoms with E-state index in [2.05, 4.69) is 28.3 Å². The predicted molar refractivity (Wildman–Crippen MR) is 110 cm³/mol. The van der Waals surface area contributed by atoms with E-state index >= 15 is 0 Å². The van der Waals surface area contributed by atoms with E-state index in [4.69, 9.17) is 5.73 Å². The molecule has 0 spiro atoms. The number of likely N-dealkylation sites (tertiary alicyclic amines) is 1. The number of fused-ring (bicyclic) bond motifs is 2. The molecule has 1 aliphatic carbocycles. The minimum absolute atomic E-state index is 0.00853. The van der Waals surface area contributed by atoms with Crippen LogP contribution in [0.1, 0.15) is 47.8 Å². The minimum Gasteiger partial charge on any atom is -0.364 e. The normalized spacial score (nSPS) is 24.0. The molecule has 2 heterocycles. The lowest BCUT2D eigenvalue weighted by Gasteiger charge is -2.46. The van der Waals surface area contributed by atoms with Crippen LogP contribution in [0.25, 0.3) is 10.9 Å². The Balaban J connectivity index is 1.67. The Bertz CT molecular complexity index is 917. The number of rotatable bonds is 4. The first-order valence-corrected chi connectivity index (χ1v) is 10.1. The van der Waals surface area contributed by atoms with Gasteiger partial charge in [-0.15, -0.1) is 0 Å². The van der Waals surface area contributed by atoms with Crippen LogP contribution in [-0.2, 0) is 6.42 Å². The van der Waals surface area contributed by atoms with Gasteiger partial charge in [-0.1, -0.05) is 12.1 Å². The van der Waals surface area contributed by atoms with Crippen LogP contribution in [0.3, 0.4) is 0 Å². The monoisotopic (exact) mass is 383 g/mol. The second-order valence-electron chi connectivity index (χ2n) is 7.98. The van der Waals surface area contributed by atoms with Gasteiger partial charge >= 0.3 is 6.03 Å². The molecule has 2 aromatic rings. The third kappa shape index (κ3) is 2.94. The number of piperidine rings is 1. The second-order valence-corrected chi connectivity index (χ2v) is 7.98. The van der Waals surface area contributed by atoms with Gasteiger partial charge < -0.3 is 25.8 Å². The average Bonchev–Trinajstić information content (AvgIpc) is 3.04. The number of amides is 3. The molecule has 3 atom stereocenters. The number of benzene rings is 1. The van der Waals surface area contributed by atoms with Crippen LogP contribution in [-0.4, -0.2) is 65.5 Å². The van der Waals surface area contributed by atoms with E-state index in [0.717, 1.165) is 35.9 Å². The van der Waals surface area contributed by atoms with Crippen LogP contribution in [0, 0.1) is 0 Å². The number of H-pyrrole nitrogens is 1. The number of carbonyl (C=O) groups excluding carboxylic acids is 2. The summed E-state index contributed by atoms with van der Waals surface area (Å²) in [5.41, 5.74) is 9.42. The molecule has 7 nitrogen and oxygen atoms in total. The SMILES string of the molecule is CCN(CC)C(=O)N[C@H]1C[C@@H]2c3cccc4[nH]c(C(N)=O)c(c34)C[C@H]2N(C)C1. The number of aromatic nitrogens is 1. The Hall–Kier alpha value is -2.54. The van der Waals surface area contributed by atoms with Crippen LogP contribution in [0.2, 0.25) is 0 Å². The average molecular weight is 383 g/mol. The Kier molecular flexibility index (Phi) is 4.79. The zero-order chi connectivity index (χ0) is 20.0. The fraction of sp³-hybridized carbons (Fsp3) is 0.524. The summed E-state index contributed by atoms with van der Waals surface area (Å²) >= 11 is 0. The Morgan fingerprint density at radius 3 is 2.75 bits per heavy atom. The van der Waals surface area contributed by atoms with Gasteiger partial charge in [-0.2, -0.15) is 0 Å². The molecule has 0 bridgehead atoms. The fourth-order valence-corrected chi connectivity index (χ4v) is 5.12. The minimum atomic E-state index is -0.404. The quantitative estimate of drug-likeness (QED) is 0.754. The zero-order valence-corrected chi connectivity index (χ0v) is 16.8. The summed E-state index contributed by atoms with van der Waals surface area (Å²) in [6.07, 6.45) is 1.70. The molecule has 1 aromatic heterocycles. The molecule has 0 radical (unpaired) electrons. The van der Waals surface area contributed by atoms with Gasteiger partial charge in [-0.3, -0.25) is 4.79 Å². The van der Waals surface area contributed by atoms with Gasteiger partial charge in [0.25, 0.3) is 5.91 Å². The summed E-state index contributed by atoms with van der Waals surface area (Å²) in [4.78, 5) is 31.9. The van der Waals surface area contributed by atoms with Crippen molar-refractivity contribution in [3.05, 3.63) is 35.0 Å². The van der Waals surface area contributed by atoms with Gasteiger partial charge in [0.2, 0.25) is 0 Å². The first-order valence-electron chi connectivity index (χ1n) is 10.1. The lowest BCUT2D eigenvalue weighted by molar-refractivity contribution is 0.0991. The smallest absolute Gasteiger partial charge is 0.317 e. The number of hydrogen-bond acceptors (Lipinski definition) is 3. The summed E-state index contributed by atoms with van der Waals surface area (Å²) in [7, 11) is 2.11. The number of nitrogens with zero attached hydrogens (tertiary/aromatic N) is 2. The summed E-state index contributed by atoms with van der Waals surface area (Å²) in [6, 6.07) is 6.60. The number of hydrogen-bond donors (Lipinski definition) is 3. The van der Waals surface area contributed by atoms with Crippen LogP contribution >= 0.6 is 0 Å². The van der Waals surface area contributed by atoms with E-state index in [0.29, 0.717) is 30.7 Å². The van der Waals surface area contributed by atoms with Crippen molar-refractivity contribution in [2.45, 2.75) is 44.7 Å². The molecule has 1 fully saturated rings. The van der Waals surface area contributed by atoms with Crippen molar-refractivity contribution in [1.82, 2.24) is 20.1 Å². The van der Waals surface area contributed by atoms with Gasteiger partial charge in [-0.25, -0.2) is 4.79 Å². The molecule has 0 unspecified atom stereocenters. The van der Waals surface area contributed by atoms with E-state index in [-0.39, 0.29) is 12.1 Å². The van der Waals surface area contributed by atoms with Gasteiger partial charge in [0.05, 0.1) is 0 Å². The van der Waals surface area contributed by atoms with Crippen LogP contribution in [0.4, 0.5) is 4.79 Å². The van der Waals surface area contributed by atoms with Crippen molar-refractivity contribution in [1.29, 1.82) is 0 Å². The van der Waals surface area contributed by atoms with Crippen molar-refractivity contribution >= 4 is 22.8 Å². The molecular formula is C21H29N5O2. The van der Waals surface area contributed by atoms with Crippen molar-refractivity contribution in [3.63, 3.8) is 0 Å². The Morgan fingerprint density at radius 2 is 2.07 bits per heavy atom. The predicted octanol–water partition coefficient (Wildman–Crippen LogP) is 2.03. The lowest BCUT2D eigenvalue weighted by atomic mass is 9.73. The maximum atomic E-state index is 12.5. The third-order valence-electron chi connectivity index (χ3n) is 6.47. The van der Waals surface area contributed by atoms with Crippen LogP contribution < -0.4 is 11.1 Å². The highest BCUT2D eigenvalue weighted by molar-refractivity contribution is 6.02. The number of likely N-dealkylation sites (N-methyl/N-ethyl adjacent to an activating group) is 1. The fourth-order valence-electron chi connectivity index (χ4n) is 5.12. The highest BCUT2D eigenvalue weighted by atomic mass is 16.2. The molecule has 7 heteroatoms. The topological polar surface area (TPSA) is 94.5 Å². The van der Waals surface area contributed by atoms with Crippen molar-refractivity contribution in [3.8, 4) is 0 Å². The first kappa shape index (κ1) is 18.8. The molecule has 1 aromatic carbocycles. The highest BCUT2D eigenvalue weighted by Gasteiger charge is 2.41. The third-order valence-corrected chi connectivity index (χ3v) is 6.47. The molecule has 4 N–H and O–H groups in total. The van der Waals surface area contributed by atoms with Crippen LogP contribution in [0.15, 0.2) is 18.2 Å². The maximum absolute atomic E-state index is 12.5. The summed E-state index contributed by atoms with van der Waals surface area (Å²) < 4.78 is 0. The molecule has 4 rings (SSSR count). The zero-order valence-electron chi connectivity index (χ0n) is 16.8. The molecule has 3 amide bonds. The van der Waals surface area contributed by atoms with E-state index in [9.17, 15) is 9.59 Å². The van der Waals surface area contributed by atoms with Gasteiger partial charge in [0.1, 0.15) is 5.69 Å². The number of nitrogens with two attached hydrogens (primary N) is 1. The number of primary amides is 1. The molecule has 28 heavy (non-hydrogen) atoms. The molecule has 150 valence electrons. The van der Waals surface area contributed by atoms with Crippen LogP contribution in [0.5, 0.6) is 0 Å². The van der Waals surface area contributed by atoms with Crippen molar-refractivity contribution < 1.29 is 9.59 Å². The maximum Gasteiger partial charge on any atom is 0.317 e. The van der Waals surface area contributed by atoms with E-state index in [1.54, 1.807) is 0 Å². The largest absolute Gasteiger partial charge is 0.364 e. The van der Waals surface area contributed by atoms with Gasteiger partial charge in [-0.05, 0) is 50.9 Å². The molecule has 1 aliphatic heterocycles. The van der Waals surface area contributed by atoms with Crippen molar-refractivity contribution in [2.24, 2.45) is 5.73 Å². The second kappa shape index (κ2) is 7.13. The molecule has 0 saturated carbocycles. The number of urea groups is 1. The number of carbonyl (C=O) groups is 2. The van der Waals surface area contributed by atoms with Gasteiger partial charge in [0.15, 0.2) is 0 Å². The lowest BCUT2D eigenvalue weighted by Crippen LogP contribution is -2.56. The Morgan fingerprint density at radius 1 is 1.32 bits per heavy atom. The molecule has 1 saturated heterocycles. The summed E-state index contributed by atoms with van der Waals surface area (Å²) in [6.45, 7) is 6.21. The van der Waals surface area contributed by atoms with Crippen molar-refractivity contribution in [2.75, 3.05) is 26.7 Å². The van der Waals surface area contributed by atoms with E-state index in [1.807, 2.05) is 30.9 Å². The van der Waals surface area contributed by atoms with E-state index in [1.165, 1.54) is 5.56 Å². The van der Waals surface area contributed by atoms with E-state index < -0.39 is 5.91 Å². The molecule has 2 aliphatic rings. The number of aromatic amines is 1. The standard InChI is InChI=1S/C21H29N5O2/c1-4-26(5-2)21(28)23-12-9-14-13-7-6-8-16-18(13)15(19(24-16)20(22)27)10-17(14)25(3)11-12/h6-8,12,14,17,24H,4-5,9-11H2,1-3H3,(H2,22,27)(H,23,28)/t12-,14+,17+/m0/s1. The summed E-state index contributed by atoms with van der Waals surface area (Å²) in [5.74, 6) is -0.0908.